The Morgan fingerprint density at radius 1 is 0.897 bits per heavy atom. The summed E-state index contributed by atoms with van der Waals surface area (Å²) in [6.45, 7) is 4.43. The molecule has 210 valence electrons. The lowest BCUT2D eigenvalue weighted by Gasteiger charge is -2.12. The largest absolute Gasteiger partial charge is 0.475 e. The zero-order valence-electron chi connectivity index (χ0n) is 22.9. The highest BCUT2D eigenvalue weighted by Gasteiger charge is 2.20. The molecule has 0 aliphatic carbocycles. The first-order chi connectivity index (χ1) is 19.2. The van der Waals surface area contributed by atoms with E-state index < -0.39 is 0 Å². The van der Waals surface area contributed by atoms with Crippen LogP contribution in [0.25, 0.3) is 10.4 Å². The normalized spacial score (nSPS) is 18.5. The van der Waals surface area contributed by atoms with E-state index >= 15 is 0 Å². The highest BCUT2D eigenvalue weighted by molar-refractivity contribution is 5.95. The molecule has 0 saturated carbocycles. The number of aliphatic hydroxyl groups is 1. The van der Waals surface area contributed by atoms with Crippen LogP contribution in [-0.2, 0) is 14.2 Å². The highest BCUT2D eigenvalue weighted by Crippen LogP contribution is 2.15. The number of aliphatic hydroxyl groups excluding tert-OH is 1. The van der Waals surface area contributed by atoms with Crippen molar-refractivity contribution >= 4 is 11.8 Å². The molecule has 0 radical (unpaired) electrons. The second kappa shape index (κ2) is 18.0. The van der Waals surface area contributed by atoms with E-state index in [1.54, 1.807) is 0 Å². The van der Waals surface area contributed by atoms with E-state index in [0.29, 0.717) is 38.2 Å². The summed E-state index contributed by atoms with van der Waals surface area (Å²) in [5.74, 6) is 1.33. The molecule has 0 amide bonds. The molecule has 4 rings (SSSR count). The Kier molecular flexibility index (Phi) is 13.9. The molecule has 9 nitrogen and oxygen atoms in total. The number of unbranched alkanes of at least 4 members (excludes halogenated alkanes) is 4. The van der Waals surface area contributed by atoms with Gasteiger partial charge in [0.1, 0.15) is 25.3 Å². The predicted octanol–water partition coefficient (Wildman–Crippen LogP) is 6.10. The standard InChI is InChI=1S/C20H30N4O2.C10H11NO2/c1-2-3-4-5-9-12-18(23-24-21)13-14-25-15-19-16-26-20(22-19)17-10-7-6-8-11-17;12-6-9-7-13-10(11-9)8-4-2-1-3-5-8/h6-8,10-11,18-19H,2-5,9,12-16H2,1H3;1-5,9,12H,6-7H2/t18-,19?;/m1./s1. The number of aliphatic imine (C=N–C) groups is 2. The van der Waals surface area contributed by atoms with Crippen molar-refractivity contribution in [3.05, 3.63) is 82.2 Å². The van der Waals surface area contributed by atoms with Gasteiger partial charge in [0.25, 0.3) is 0 Å². The lowest BCUT2D eigenvalue weighted by molar-refractivity contribution is 0.106. The number of azide groups is 1. The monoisotopic (exact) mass is 535 g/mol. The van der Waals surface area contributed by atoms with Crippen molar-refractivity contribution in [2.24, 2.45) is 15.1 Å². The summed E-state index contributed by atoms with van der Waals surface area (Å²) in [6, 6.07) is 19.6. The van der Waals surface area contributed by atoms with Crippen LogP contribution < -0.4 is 0 Å². The fourth-order valence-electron chi connectivity index (χ4n) is 4.24. The lowest BCUT2D eigenvalue weighted by Crippen LogP contribution is -2.17. The smallest absolute Gasteiger partial charge is 0.216 e. The number of hydrogen-bond acceptors (Lipinski definition) is 7. The molecule has 2 aliphatic rings. The van der Waals surface area contributed by atoms with Gasteiger partial charge in [0, 0.05) is 28.7 Å². The maximum absolute atomic E-state index is 8.84. The molecule has 0 aromatic heterocycles. The van der Waals surface area contributed by atoms with Gasteiger partial charge in [0.05, 0.1) is 13.2 Å². The summed E-state index contributed by atoms with van der Waals surface area (Å²) >= 11 is 0. The van der Waals surface area contributed by atoms with Gasteiger partial charge in [-0.15, -0.1) is 0 Å². The number of hydrogen-bond donors (Lipinski definition) is 1. The second-order valence-corrected chi connectivity index (χ2v) is 9.64. The number of nitrogens with zero attached hydrogens (tertiary/aromatic N) is 5. The Bertz CT molecular complexity index is 1060. The van der Waals surface area contributed by atoms with Crippen LogP contribution in [-0.4, -0.2) is 68.1 Å². The van der Waals surface area contributed by atoms with Crippen molar-refractivity contribution in [2.75, 3.05) is 33.0 Å². The molecule has 2 aliphatic heterocycles. The lowest BCUT2D eigenvalue weighted by atomic mass is 10.1. The Morgan fingerprint density at radius 2 is 1.49 bits per heavy atom. The molecule has 9 heteroatoms. The first-order valence-electron chi connectivity index (χ1n) is 14.0. The van der Waals surface area contributed by atoms with Gasteiger partial charge in [0.15, 0.2) is 0 Å². The van der Waals surface area contributed by atoms with Gasteiger partial charge < -0.3 is 19.3 Å². The molecule has 2 heterocycles. The Morgan fingerprint density at radius 3 is 2.05 bits per heavy atom. The molecule has 39 heavy (non-hydrogen) atoms. The summed E-state index contributed by atoms with van der Waals surface area (Å²) in [4.78, 5) is 11.8. The molecule has 2 aromatic rings. The molecule has 2 aromatic carbocycles. The van der Waals surface area contributed by atoms with Crippen molar-refractivity contribution in [3.63, 3.8) is 0 Å². The summed E-state index contributed by atoms with van der Waals surface area (Å²) in [5.41, 5.74) is 10.7. The minimum absolute atomic E-state index is 0.0323. The van der Waals surface area contributed by atoms with Crippen molar-refractivity contribution in [1.82, 2.24) is 0 Å². The summed E-state index contributed by atoms with van der Waals surface area (Å²) in [7, 11) is 0. The maximum Gasteiger partial charge on any atom is 0.216 e. The first kappa shape index (κ1) is 30.2. The average Bonchev–Trinajstić information content (AvgIpc) is 3.67. The van der Waals surface area contributed by atoms with E-state index in [2.05, 4.69) is 26.9 Å². The van der Waals surface area contributed by atoms with Gasteiger partial charge >= 0.3 is 0 Å². The van der Waals surface area contributed by atoms with Crippen molar-refractivity contribution < 1.29 is 19.3 Å². The molecule has 0 bridgehead atoms. The van der Waals surface area contributed by atoms with Gasteiger partial charge in [-0.2, -0.15) is 0 Å². The third-order valence-electron chi connectivity index (χ3n) is 6.44. The van der Waals surface area contributed by atoms with Gasteiger partial charge in [-0.3, -0.25) is 0 Å². The van der Waals surface area contributed by atoms with E-state index in [1.165, 1.54) is 25.7 Å². The topological polar surface area (TPSA) is 121 Å². The SMILES string of the molecule is CCCCCCC[C@H](CCOCC1COC(c2ccccc2)=N1)N=[N+]=[N-].OCC1COC(c2ccccc2)=N1. The fourth-order valence-corrected chi connectivity index (χ4v) is 4.24. The second-order valence-electron chi connectivity index (χ2n) is 9.64. The average molecular weight is 536 g/mol. The molecule has 1 N–H and O–H groups in total. The highest BCUT2D eigenvalue weighted by atomic mass is 16.5. The minimum Gasteiger partial charge on any atom is -0.475 e. The first-order valence-corrected chi connectivity index (χ1v) is 14.0. The Balaban J connectivity index is 0.000000268. The Hall–Kier alpha value is -3.39. The van der Waals surface area contributed by atoms with Crippen molar-refractivity contribution in [1.29, 1.82) is 0 Å². The Labute approximate surface area is 231 Å². The van der Waals surface area contributed by atoms with E-state index in [4.69, 9.17) is 24.8 Å². The molecular formula is C30H41N5O4. The summed E-state index contributed by atoms with van der Waals surface area (Å²) in [5, 5.41) is 12.8. The maximum atomic E-state index is 8.84. The number of benzene rings is 2. The number of ether oxygens (including phenoxy) is 3. The van der Waals surface area contributed by atoms with Crippen molar-refractivity contribution in [3.8, 4) is 0 Å². The summed E-state index contributed by atoms with van der Waals surface area (Å²) < 4.78 is 16.7. The van der Waals surface area contributed by atoms with Crippen LogP contribution in [0, 0.1) is 0 Å². The molecule has 2 unspecified atom stereocenters. The van der Waals surface area contributed by atoms with Crippen LogP contribution in [0.15, 0.2) is 75.8 Å². The predicted molar refractivity (Wildman–Crippen MR) is 154 cm³/mol. The third kappa shape index (κ3) is 11.1. The quantitative estimate of drug-likeness (QED) is 0.128. The van der Waals surface area contributed by atoms with Crippen molar-refractivity contribution in [2.45, 2.75) is 70.0 Å². The molecule has 3 atom stereocenters. The van der Waals surface area contributed by atoms with Gasteiger partial charge in [-0.25, -0.2) is 9.98 Å². The van der Waals surface area contributed by atoms with E-state index in [1.807, 2.05) is 60.7 Å². The third-order valence-corrected chi connectivity index (χ3v) is 6.44. The molecule has 0 saturated heterocycles. The van der Waals surface area contributed by atoms with Crippen LogP contribution >= 0.6 is 0 Å². The van der Waals surface area contributed by atoms with E-state index in [9.17, 15) is 0 Å². The van der Waals surface area contributed by atoms with Crippen LogP contribution in [0.5, 0.6) is 0 Å². The molecular weight excluding hydrogens is 494 g/mol. The van der Waals surface area contributed by atoms with Gasteiger partial charge in [-0.1, -0.05) is 80.5 Å². The van der Waals surface area contributed by atoms with Crippen LogP contribution in [0.4, 0.5) is 0 Å². The zero-order valence-corrected chi connectivity index (χ0v) is 22.9. The van der Waals surface area contributed by atoms with Crippen LogP contribution in [0.1, 0.15) is 63.0 Å². The minimum atomic E-state index is -0.0878. The van der Waals surface area contributed by atoms with Gasteiger partial charge in [-0.05, 0) is 42.6 Å². The number of rotatable bonds is 15. The van der Waals surface area contributed by atoms with Crippen LogP contribution in [0.3, 0.4) is 0 Å². The zero-order chi connectivity index (χ0) is 27.5. The van der Waals surface area contributed by atoms with Crippen LogP contribution in [0.2, 0.25) is 0 Å². The van der Waals surface area contributed by atoms with Gasteiger partial charge in [0.2, 0.25) is 11.8 Å². The molecule has 0 spiro atoms. The van der Waals surface area contributed by atoms with E-state index in [0.717, 1.165) is 30.4 Å². The summed E-state index contributed by atoms with van der Waals surface area (Å²) in [6.07, 6.45) is 7.82. The molecule has 0 fully saturated rings. The fraction of sp³-hybridized carbons (Fsp3) is 0.533. The van der Waals surface area contributed by atoms with E-state index in [-0.39, 0.29) is 24.7 Å².